The van der Waals surface area contributed by atoms with Crippen LogP contribution in [0.4, 0.5) is 0 Å². The van der Waals surface area contributed by atoms with Crippen molar-refractivity contribution in [3.05, 3.63) is 93.0 Å². The quantitative estimate of drug-likeness (QED) is 0.166. The zero-order valence-corrected chi connectivity index (χ0v) is 44.6. The van der Waals surface area contributed by atoms with Gasteiger partial charge >= 0.3 is 16.5 Å². The first-order valence-corrected chi connectivity index (χ1v) is 25.2. The number of benzene rings is 4. The molecule has 0 aliphatic rings. The highest BCUT2D eigenvalue weighted by Gasteiger charge is 2.29. The lowest BCUT2D eigenvalue weighted by Crippen LogP contribution is -2.21. The maximum absolute atomic E-state index is 7.00. The van der Waals surface area contributed by atoms with Gasteiger partial charge in [0, 0.05) is 39.1 Å². The average molecular weight is 897 g/mol. The van der Waals surface area contributed by atoms with E-state index in [1.165, 1.54) is 22.3 Å². The highest BCUT2D eigenvalue weighted by molar-refractivity contribution is 7.32. The Morgan fingerprint density at radius 1 is 0.381 bits per heavy atom. The van der Waals surface area contributed by atoms with Crippen molar-refractivity contribution in [3.8, 4) is 0 Å². The summed E-state index contributed by atoms with van der Waals surface area (Å²) in [5, 5.41) is 4.19. The van der Waals surface area contributed by atoms with Gasteiger partial charge in [0.2, 0.25) is 0 Å². The summed E-state index contributed by atoms with van der Waals surface area (Å²) in [5.74, 6) is 0. The molecule has 4 aromatic carbocycles. The Hall–Kier alpha value is -3.40. The van der Waals surface area contributed by atoms with Gasteiger partial charge in [-0.3, -0.25) is 9.05 Å². The molecule has 63 heavy (non-hydrogen) atoms. The van der Waals surface area contributed by atoms with Gasteiger partial charge in [-0.25, -0.2) is 0 Å². The zero-order valence-electron chi connectivity index (χ0n) is 42.8. The Morgan fingerprint density at radius 2 is 0.635 bits per heavy atom. The first kappa shape index (κ1) is 49.0. The fourth-order valence-corrected chi connectivity index (χ4v) is 10.6. The van der Waals surface area contributed by atoms with Crippen LogP contribution in [0.15, 0.2) is 65.3 Å². The molecule has 0 N–H and O–H groups in total. The van der Waals surface area contributed by atoms with Crippen molar-refractivity contribution >= 4 is 60.4 Å². The minimum Gasteiger partial charge on any atom is -0.399 e. The monoisotopic (exact) mass is 897 g/mol. The van der Waals surface area contributed by atoms with Crippen molar-refractivity contribution in [1.82, 2.24) is 0 Å². The fraction of sp³-hybridized carbons (Fsp3) is 0.564. The van der Waals surface area contributed by atoms with Gasteiger partial charge in [0.1, 0.15) is 22.3 Å². The first-order chi connectivity index (χ1) is 28.6. The Kier molecular flexibility index (Phi) is 13.1. The van der Waals surface area contributed by atoms with Crippen molar-refractivity contribution in [2.24, 2.45) is 0 Å². The van der Waals surface area contributed by atoms with Crippen molar-refractivity contribution < 1.29 is 25.8 Å². The van der Waals surface area contributed by atoms with Gasteiger partial charge in [0.25, 0.3) is 0 Å². The van der Waals surface area contributed by atoms with Crippen LogP contribution in [-0.4, -0.2) is 12.2 Å². The van der Waals surface area contributed by atoms with Crippen molar-refractivity contribution in [2.45, 2.75) is 203 Å². The molecule has 0 saturated carbocycles. The topological polar surface area (TPSA) is 71.0 Å². The maximum Gasteiger partial charge on any atom is 0.387 e. The van der Waals surface area contributed by atoms with Crippen LogP contribution in [0.1, 0.15) is 189 Å². The molecule has 6 aromatic rings. The van der Waals surface area contributed by atoms with Crippen LogP contribution < -0.4 is 9.05 Å². The van der Waals surface area contributed by atoms with E-state index in [-0.39, 0.29) is 44.7 Å². The van der Waals surface area contributed by atoms with Crippen LogP contribution in [0, 0.1) is 13.8 Å². The molecule has 6 rings (SSSR count). The minimum absolute atomic E-state index is 0.0538. The number of hydrogen-bond acceptors (Lipinski definition) is 6. The van der Waals surface area contributed by atoms with E-state index in [0.717, 1.165) is 66.1 Å². The molecule has 0 aliphatic heterocycles. The standard InChI is InChI=1S/C55H78O6P2/c1-32-23-36(50(5,6)7)26-40-42-28-38(52(11,12)13)30-44(54(17,18)19)48(42)60-62(58-46(32)40)56-34(3)25-35(4)57-63-59-47-33(2)24-37(51(8,9)10)27-41(47)43-29-39(53(14,15)16)31-45(49(43)61-63)55(20,21)22/h23-24,26-31,34-35H,25H2,1-22H3/t34-,35-,62?,63?/m1/s1. The number of fused-ring (bicyclic) bond motifs is 6. The Labute approximate surface area is 381 Å². The summed E-state index contributed by atoms with van der Waals surface area (Å²) in [6, 6.07) is 18.4. The highest BCUT2D eigenvalue weighted by Crippen LogP contribution is 2.46. The van der Waals surface area contributed by atoms with E-state index in [2.05, 4.69) is 201 Å². The zero-order chi connectivity index (χ0) is 47.2. The summed E-state index contributed by atoms with van der Waals surface area (Å²) in [5.41, 5.74) is 12.1. The number of hydrogen-bond donors (Lipinski definition) is 0. The SMILES string of the molecule is Cc1cc(C(C)(C)C)cc2c1op(O[C@H](C)C[C@@H](C)Op1oc3c(C)cc(C(C)(C)C)cc3c3cc(C(C)(C)C)cc(C(C)(C)C)c3o1)oc1c(C(C)(C)C)cc(C(C)(C)C)cc12. The molecule has 0 saturated heterocycles. The molecule has 0 amide bonds. The van der Waals surface area contributed by atoms with Gasteiger partial charge in [0.15, 0.2) is 0 Å². The summed E-state index contributed by atoms with van der Waals surface area (Å²) in [7, 11) is -3.70. The van der Waals surface area contributed by atoms with Crippen LogP contribution in [0.5, 0.6) is 0 Å². The molecule has 0 bridgehead atoms. The van der Waals surface area contributed by atoms with Crippen LogP contribution in [0.3, 0.4) is 0 Å². The Morgan fingerprint density at radius 3 is 0.905 bits per heavy atom. The highest BCUT2D eigenvalue weighted by atomic mass is 31.1. The summed E-state index contributed by atoms with van der Waals surface area (Å²) in [6.45, 7) is 49.1. The van der Waals surface area contributed by atoms with Gasteiger partial charge in [-0.1, -0.05) is 149 Å². The van der Waals surface area contributed by atoms with Crippen LogP contribution in [0.2, 0.25) is 0 Å². The average Bonchev–Trinajstić information content (AvgIpc) is 3.36. The van der Waals surface area contributed by atoms with E-state index < -0.39 is 16.5 Å². The van der Waals surface area contributed by atoms with E-state index in [1.807, 2.05) is 0 Å². The summed E-state index contributed by atoms with van der Waals surface area (Å²) < 4.78 is 41.5. The lowest BCUT2D eigenvalue weighted by atomic mass is 9.79. The molecule has 2 aromatic heterocycles. The van der Waals surface area contributed by atoms with Gasteiger partial charge < -0.3 is 16.8 Å². The molecule has 8 heteroatoms. The van der Waals surface area contributed by atoms with Gasteiger partial charge in [-0.05, 0) is 118 Å². The fourth-order valence-electron chi connectivity index (χ4n) is 8.16. The predicted octanol–water partition coefficient (Wildman–Crippen LogP) is 18.0. The predicted molar refractivity (Wildman–Crippen MR) is 271 cm³/mol. The van der Waals surface area contributed by atoms with Crippen LogP contribution in [0.25, 0.3) is 43.9 Å². The van der Waals surface area contributed by atoms with Gasteiger partial charge in [0.05, 0.1) is 12.2 Å². The first-order valence-electron chi connectivity index (χ1n) is 23.0. The molecule has 344 valence electrons. The second-order valence-electron chi connectivity index (χ2n) is 24.5. The third-order valence-electron chi connectivity index (χ3n) is 12.2. The van der Waals surface area contributed by atoms with E-state index in [0.29, 0.717) is 6.42 Å². The van der Waals surface area contributed by atoms with E-state index >= 15 is 0 Å². The summed E-state index contributed by atoms with van der Waals surface area (Å²) >= 11 is 0. The minimum atomic E-state index is -1.85. The Balaban J connectivity index is 1.48. The van der Waals surface area contributed by atoms with Crippen molar-refractivity contribution in [3.63, 3.8) is 0 Å². The second-order valence-corrected chi connectivity index (χ2v) is 26.6. The molecular formula is C55H78O6P2. The van der Waals surface area contributed by atoms with E-state index in [9.17, 15) is 0 Å². The summed E-state index contributed by atoms with van der Waals surface area (Å²) in [4.78, 5) is 0. The molecule has 2 heterocycles. The second kappa shape index (κ2) is 16.8. The molecule has 6 nitrogen and oxygen atoms in total. The van der Waals surface area contributed by atoms with E-state index in [1.54, 1.807) is 0 Å². The molecule has 0 spiro atoms. The molecular weight excluding hydrogens is 819 g/mol. The molecule has 0 radical (unpaired) electrons. The normalized spacial score (nSPS) is 15.1. The lowest BCUT2D eigenvalue weighted by Gasteiger charge is -2.26. The van der Waals surface area contributed by atoms with Crippen LogP contribution >= 0.6 is 16.5 Å². The number of aryl methyl sites for hydroxylation is 2. The third kappa shape index (κ3) is 10.7. The van der Waals surface area contributed by atoms with E-state index in [4.69, 9.17) is 25.8 Å². The Bertz CT molecular complexity index is 2570. The molecule has 0 aliphatic carbocycles. The van der Waals surface area contributed by atoms with Crippen molar-refractivity contribution in [2.75, 3.05) is 0 Å². The third-order valence-corrected chi connectivity index (χ3v) is 14.6. The van der Waals surface area contributed by atoms with Crippen molar-refractivity contribution in [1.29, 1.82) is 0 Å². The molecule has 2 unspecified atom stereocenters. The van der Waals surface area contributed by atoms with Gasteiger partial charge in [-0.15, -0.1) is 0 Å². The maximum atomic E-state index is 7.00. The lowest BCUT2D eigenvalue weighted by molar-refractivity contribution is 0.184. The van der Waals surface area contributed by atoms with Crippen LogP contribution in [-0.2, 0) is 32.5 Å². The largest absolute Gasteiger partial charge is 0.399 e. The molecule has 0 fully saturated rings. The smallest absolute Gasteiger partial charge is 0.387 e. The van der Waals surface area contributed by atoms with Gasteiger partial charge in [-0.2, -0.15) is 0 Å². The number of rotatable bonds is 6. The summed E-state index contributed by atoms with van der Waals surface area (Å²) in [6.07, 6.45) is -0.00597. The molecule has 4 atom stereocenters.